The highest BCUT2D eigenvalue weighted by atomic mass is 16.5. The molecule has 1 heterocycles. The van der Waals surface area contributed by atoms with Crippen molar-refractivity contribution < 1.29 is 14.3 Å². The third kappa shape index (κ3) is 1.90. The van der Waals surface area contributed by atoms with Crippen molar-refractivity contribution in [1.29, 1.82) is 0 Å². The molecule has 0 saturated carbocycles. The Labute approximate surface area is 105 Å². The molecule has 0 saturated heterocycles. The van der Waals surface area contributed by atoms with Gasteiger partial charge in [0.2, 0.25) is 0 Å². The first-order valence-electron chi connectivity index (χ1n) is 5.71. The van der Waals surface area contributed by atoms with Crippen molar-refractivity contribution in [3.63, 3.8) is 0 Å². The summed E-state index contributed by atoms with van der Waals surface area (Å²) in [5.74, 6) is -0.318. The smallest absolute Gasteiger partial charge is 0.325 e. The molecule has 0 atom stereocenters. The molecule has 0 unspecified atom stereocenters. The van der Waals surface area contributed by atoms with Crippen LogP contribution in [0.4, 0.5) is 0 Å². The van der Waals surface area contributed by atoms with Crippen LogP contribution in [-0.4, -0.2) is 23.4 Å². The number of fused-ring (bicyclic) bond motifs is 1. The maximum absolute atomic E-state index is 11.7. The molecule has 2 rings (SSSR count). The van der Waals surface area contributed by atoms with E-state index in [1.165, 1.54) is 14.0 Å². The quantitative estimate of drug-likeness (QED) is 0.616. The molecule has 0 amide bonds. The number of para-hydroxylation sites is 1. The molecule has 0 bridgehead atoms. The zero-order chi connectivity index (χ0) is 13.3. The highest BCUT2D eigenvalue weighted by Crippen LogP contribution is 2.26. The van der Waals surface area contributed by atoms with Gasteiger partial charge < -0.3 is 9.30 Å². The lowest BCUT2D eigenvalue weighted by Gasteiger charge is -2.06. The number of Topliss-reactive ketones (excluding diaryl/α,β-unsaturated/α-hetero) is 1. The second-order valence-electron chi connectivity index (χ2n) is 4.20. The highest BCUT2D eigenvalue weighted by molar-refractivity contribution is 6.08. The summed E-state index contributed by atoms with van der Waals surface area (Å²) in [6.07, 6.45) is 0. The number of hydrogen-bond acceptors (Lipinski definition) is 3. The van der Waals surface area contributed by atoms with Crippen LogP contribution < -0.4 is 0 Å². The van der Waals surface area contributed by atoms with E-state index < -0.39 is 0 Å². The molecule has 0 radical (unpaired) electrons. The number of carbonyl (C=O) groups is 2. The molecule has 0 spiro atoms. The van der Waals surface area contributed by atoms with E-state index in [0.717, 1.165) is 16.6 Å². The third-order valence-electron chi connectivity index (χ3n) is 3.10. The largest absolute Gasteiger partial charge is 0.468 e. The van der Waals surface area contributed by atoms with Gasteiger partial charge in [-0.3, -0.25) is 9.59 Å². The summed E-state index contributed by atoms with van der Waals surface area (Å²) in [5, 5.41) is 0.881. The lowest BCUT2D eigenvalue weighted by atomic mass is 10.1. The number of nitrogens with zero attached hydrogens (tertiary/aromatic N) is 1. The van der Waals surface area contributed by atoms with Crippen LogP contribution in [-0.2, 0) is 16.1 Å². The molecule has 0 fully saturated rings. The van der Waals surface area contributed by atoms with Crippen LogP contribution in [0.5, 0.6) is 0 Å². The minimum Gasteiger partial charge on any atom is -0.468 e. The van der Waals surface area contributed by atoms with E-state index >= 15 is 0 Å². The minimum absolute atomic E-state index is 0.00677. The molecule has 4 nitrogen and oxygen atoms in total. The van der Waals surface area contributed by atoms with Gasteiger partial charge in [-0.2, -0.15) is 0 Å². The SMILES string of the molecule is COC(=O)Cn1c(C)c(C(C)=O)c2ccccc21. The van der Waals surface area contributed by atoms with Crippen molar-refractivity contribution in [2.24, 2.45) is 0 Å². The summed E-state index contributed by atoms with van der Waals surface area (Å²) >= 11 is 0. The van der Waals surface area contributed by atoms with Crippen LogP contribution >= 0.6 is 0 Å². The van der Waals surface area contributed by atoms with Crippen LogP contribution in [0.1, 0.15) is 23.0 Å². The molecular formula is C14H15NO3. The number of benzene rings is 1. The van der Waals surface area contributed by atoms with Gasteiger partial charge in [-0.15, -0.1) is 0 Å². The van der Waals surface area contributed by atoms with E-state index in [-0.39, 0.29) is 18.3 Å². The standard InChI is InChI=1S/C14H15NO3/c1-9-14(10(2)16)11-6-4-5-7-12(11)15(9)8-13(17)18-3/h4-7H,8H2,1-3H3. The molecule has 18 heavy (non-hydrogen) atoms. The first-order chi connectivity index (χ1) is 8.56. The van der Waals surface area contributed by atoms with Crippen molar-refractivity contribution in [1.82, 2.24) is 4.57 Å². The van der Waals surface area contributed by atoms with Gasteiger partial charge in [0.05, 0.1) is 7.11 Å². The minimum atomic E-state index is -0.325. The normalized spacial score (nSPS) is 10.6. The van der Waals surface area contributed by atoms with E-state index in [9.17, 15) is 9.59 Å². The fourth-order valence-corrected chi connectivity index (χ4v) is 2.27. The third-order valence-corrected chi connectivity index (χ3v) is 3.10. The Morgan fingerprint density at radius 3 is 2.56 bits per heavy atom. The Bertz CT molecular complexity index is 625. The Balaban J connectivity index is 2.69. The van der Waals surface area contributed by atoms with Gasteiger partial charge in [0.15, 0.2) is 5.78 Å². The number of ketones is 1. The highest BCUT2D eigenvalue weighted by Gasteiger charge is 2.18. The topological polar surface area (TPSA) is 48.3 Å². The Hall–Kier alpha value is -2.10. The van der Waals surface area contributed by atoms with Gasteiger partial charge in [0, 0.05) is 22.2 Å². The maximum Gasteiger partial charge on any atom is 0.325 e. The summed E-state index contributed by atoms with van der Waals surface area (Å²) in [6.45, 7) is 3.51. The predicted octanol–water partition coefficient (Wildman–Crippen LogP) is 2.33. The monoisotopic (exact) mass is 245 g/mol. The van der Waals surface area contributed by atoms with Crippen molar-refractivity contribution in [2.45, 2.75) is 20.4 Å². The van der Waals surface area contributed by atoms with E-state index in [1.807, 2.05) is 35.8 Å². The Morgan fingerprint density at radius 2 is 1.94 bits per heavy atom. The molecule has 0 aliphatic heterocycles. The molecule has 1 aromatic carbocycles. The molecule has 4 heteroatoms. The number of aromatic nitrogens is 1. The molecule has 1 aromatic heterocycles. The number of carbonyl (C=O) groups excluding carboxylic acids is 2. The summed E-state index contributed by atoms with van der Waals surface area (Å²) < 4.78 is 6.50. The van der Waals surface area contributed by atoms with Crippen LogP contribution in [0.15, 0.2) is 24.3 Å². The van der Waals surface area contributed by atoms with Crippen molar-refractivity contribution in [3.8, 4) is 0 Å². The number of ether oxygens (including phenoxy) is 1. The van der Waals surface area contributed by atoms with Gasteiger partial charge in [-0.1, -0.05) is 18.2 Å². The number of hydrogen-bond donors (Lipinski definition) is 0. The van der Waals surface area contributed by atoms with Gasteiger partial charge in [-0.05, 0) is 19.9 Å². The number of rotatable bonds is 3. The summed E-state index contributed by atoms with van der Waals surface area (Å²) in [5.41, 5.74) is 2.36. The summed E-state index contributed by atoms with van der Waals surface area (Å²) in [4.78, 5) is 23.1. The van der Waals surface area contributed by atoms with E-state index in [0.29, 0.717) is 5.56 Å². The fraction of sp³-hybridized carbons (Fsp3) is 0.286. The van der Waals surface area contributed by atoms with Gasteiger partial charge in [0.1, 0.15) is 6.54 Å². The first-order valence-corrected chi connectivity index (χ1v) is 5.71. The Kier molecular flexibility index (Phi) is 3.19. The zero-order valence-corrected chi connectivity index (χ0v) is 10.7. The average Bonchev–Trinajstić information content (AvgIpc) is 2.62. The maximum atomic E-state index is 11.7. The lowest BCUT2D eigenvalue weighted by molar-refractivity contribution is -0.141. The van der Waals surface area contributed by atoms with Crippen LogP contribution in [0.25, 0.3) is 10.9 Å². The zero-order valence-electron chi connectivity index (χ0n) is 10.7. The molecule has 94 valence electrons. The lowest BCUT2D eigenvalue weighted by Crippen LogP contribution is -2.13. The second kappa shape index (κ2) is 4.64. The van der Waals surface area contributed by atoms with Gasteiger partial charge >= 0.3 is 5.97 Å². The van der Waals surface area contributed by atoms with E-state index in [2.05, 4.69) is 4.74 Å². The average molecular weight is 245 g/mol. The molecule has 0 aliphatic carbocycles. The van der Waals surface area contributed by atoms with Crippen LogP contribution in [0.3, 0.4) is 0 Å². The summed E-state index contributed by atoms with van der Waals surface area (Å²) in [7, 11) is 1.36. The van der Waals surface area contributed by atoms with Crippen molar-refractivity contribution >= 4 is 22.7 Å². The van der Waals surface area contributed by atoms with Crippen molar-refractivity contribution in [2.75, 3.05) is 7.11 Å². The van der Waals surface area contributed by atoms with E-state index in [1.54, 1.807) is 0 Å². The van der Waals surface area contributed by atoms with E-state index in [4.69, 9.17) is 0 Å². The fourth-order valence-electron chi connectivity index (χ4n) is 2.27. The predicted molar refractivity (Wildman–Crippen MR) is 68.7 cm³/mol. The second-order valence-corrected chi connectivity index (χ2v) is 4.20. The van der Waals surface area contributed by atoms with Crippen LogP contribution in [0, 0.1) is 6.92 Å². The van der Waals surface area contributed by atoms with Crippen LogP contribution in [0.2, 0.25) is 0 Å². The van der Waals surface area contributed by atoms with Gasteiger partial charge in [0.25, 0.3) is 0 Å². The molecule has 0 N–H and O–H groups in total. The Morgan fingerprint density at radius 1 is 1.28 bits per heavy atom. The number of methoxy groups -OCH3 is 1. The number of esters is 1. The first kappa shape index (κ1) is 12.4. The molecule has 0 aliphatic rings. The molecule has 2 aromatic rings. The summed E-state index contributed by atoms with van der Waals surface area (Å²) in [6, 6.07) is 7.57. The van der Waals surface area contributed by atoms with Crippen molar-refractivity contribution in [3.05, 3.63) is 35.5 Å². The molecular weight excluding hydrogens is 230 g/mol. The van der Waals surface area contributed by atoms with Gasteiger partial charge in [-0.25, -0.2) is 0 Å².